The van der Waals surface area contributed by atoms with Gasteiger partial charge in [-0.25, -0.2) is 4.39 Å². The van der Waals surface area contributed by atoms with Crippen LogP contribution in [0.5, 0.6) is 0 Å². The molecule has 0 spiro atoms. The normalized spacial score (nSPS) is 12.4. The van der Waals surface area contributed by atoms with Crippen molar-refractivity contribution in [2.24, 2.45) is 0 Å². The van der Waals surface area contributed by atoms with E-state index in [-0.39, 0.29) is 16.9 Å². The first-order valence-corrected chi connectivity index (χ1v) is 7.25. The lowest BCUT2D eigenvalue weighted by molar-refractivity contribution is 0.547. The van der Waals surface area contributed by atoms with Gasteiger partial charge in [0.15, 0.2) is 0 Å². The summed E-state index contributed by atoms with van der Waals surface area (Å²) < 4.78 is 14.3. The van der Waals surface area contributed by atoms with Crippen molar-refractivity contribution < 1.29 is 4.39 Å². The molecule has 1 atom stereocenters. The summed E-state index contributed by atoms with van der Waals surface area (Å²) in [6.45, 7) is 4.95. The van der Waals surface area contributed by atoms with Crippen LogP contribution in [0.15, 0.2) is 42.5 Å². The zero-order chi connectivity index (χ0) is 14.5. The van der Waals surface area contributed by atoms with Crippen LogP contribution in [0.4, 0.5) is 4.39 Å². The smallest absolute Gasteiger partial charge is 0.146 e. The van der Waals surface area contributed by atoms with Crippen LogP contribution in [0.3, 0.4) is 0 Å². The zero-order valence-corrected chi connectivity index (χ0v) is 12.5. The van der Waals surface area contributed by atoms with E-state index < -0.39 is 0 Å². The van der Waals surface area contributed by atoms with Crippen molar-refractivity contribution in [1.29, 1.82) is 0 Å². The number of rotatable bonds is 5. The fourth-order valence-electron chi connectivity index (χ4n) is 2.29. The van der Waals surface area contributed by atoms with E-state index in [1.165, 1.54) is 0 Å². The molecule has 0 heterocycles. The molecule has 0 saturated heterocycles. The number of hydrogen-bond acceptors (Lipinski definition) is 1. The summed E-state index contributed by atoms with van der Waals surface area (Å²) in [6, 6.07) is 13.1. The highest BCUT2D eigenvalue weighted by atomic mass is 35.5. The summed E-state index contributed by atoms with van der Waals surface area (Å²) in [5, 5.41) is 3.56. The van der Waals surface area contributed by atoms with Crippen molar-refractivity contribution in [1.82, 2.24) is 5.32 Å². The van der Waals surface area contributed by atoms with Crippen LogP contribution in [0.2, 0.25) is 5.02 Å². The Labute approximate surface area is 124 Å². The second kappa shape index (κ2) is 6.87. The molecule has 1 N–H and O–H groups in total. The van der Waals surface area contributed by atoms with Crippen molar-refractivity contribution >= 4 is 11.6 Å². The minimum Gasteiger partial charge on any atom is -0.306 e. The maximum absolute atomic E-state index is 14.3. The lowest BCUT2D eigenvalue weighted by atomic mass is 9.96. The molecule has 2 aromatic rings. The minimum atomic E-state index is -0.343. The van der Waals surface area contributed by atoms with E-state index in [0.29, 0.717) is 5.56 Å². The third kappa shape index (κ3) is 3.38. The Balaban J connectivity index is 2.44. The van der Waals surface area contributed by atoms with Crippen molar-refractivity contribution in [2.75, 3.05) is 6.54 Å². The average molecular weight is 292 g/mol. The fourth-order valence-corrected chi connectivity index (χ4v) is 2.47. The highest BCUT2D eigenvalue weighted by Crippen LogP contribution is 2.28. The van der Waals surface area contributed by atoms with Gasteiger partial charge >= 0.3 is 0 Å². The van der Waals surface area contributed by atoms with Gasteiger partial charge in [0.05, 0.1) is 11.1 Å². The molecule has 0 aliphatic carbocycles. The Bertz CT molecular complexity index is 583. The van der Waals surface area contributed by atoms with Gasteiger partial charge < -0.3 is 5.32 Å². The third-order valence-corrected chi connectivity index (χ3v) is 3.56. The van der Waals surface area contributed by atoms with Gasteiger partial charge in [-0.2, -0.15) is 0 Å². The zero-order valence-electron chi connectivity index (χ0n) is 11.8. The topological polar surface area (TPSA) is 12.0 Å². The van der Waals surface area contributed by atoms with Gasteiger partial charge in [-0.15, -0.1) is 0 Å². The molecule has 2 rings (SSSR count). The predicted molar refractivity (Wildman–Crippen MR) is 82.7 cm³/mol. The van der Waals surface area contributed by atoms with Crippen LogP contribution >= 0.6 is 11.6 Å². The molecule has 1 nitrogen and oxygen atoms in total. The quantitative estimate of drug-likeness (QED) is 0.828. The lowest BCUT2D eigenvalue weighted by Gasteiger charge is -2.21. The minimum absolute atomic E-state index is 0.165. The Morgan fingerprint density at radius 2 is 1.95 bits per heavy atom. The van der Waals surface area contributed by atoms with Gasteiger partial charge in [0.2, 0.25) is 0 Å². The number of benzene rings is 2. The molecule has 20 heavy (non-hydrogen) atoms. The SMILES string of the molecule is CCCNC(c1cccc(C)c1)c1cccc(Cl)c1F. The number of nitrogens with one attached hydrogen (secondary N) is 1. The predicted octanol–water partition coefficient (Wildman–Crippen LogP) is 4.88. The largest absolute Gasteiger partial charge is 0.306 e. The number of halogens is 2. The number of aryl methyl sites for hydroxylation is 1. The van der Waals surface area contributed by atoms with Gasteiger partial charge in [-0.1, -0.05) is 60.5 Å². The molecule has 0 aliphatic heterocycles. The highest BCUT2D eigenvalue weighted by Gasteiger charge is 2.18. The van der Waals surface area contributed by atoms with Crippen LogP contribution in [0.25, 0.3) is 0 Å². The van der Waals surface area contributed by atoms with E-state index in [2.05, 4.69) is 18.3 Å². The van der Waals surface area contributed by atoms with Crippen LogP contribution < -0.4 is 5.32 Å². The van der Waals surface area contributed by atoms with E-state index >= 15 is 0 Å². The molecule has 0 aromatic heterocycles. The van der Waals surface area contributed by atoms with Crippen LogP contribution in [0.1, 0.15) is 36.1 Å². The second-order valence-corrected chi connectivity index (χ2v) is 5.35. The average Bonchev–Trinajstić information content (AvgIpc) is 2.44. The molecule has 0 aliphatic rings. The first kappa shape index (κ1) is 15.0. The molecule has 0 fully saturated rings. The Kier molecular flexibility index (Phi) is 5.16. The molecule has 0 radical (unpaired) electrons. The van der Waals surface area contributed by atoms with Crippen molar-refractivity contribution in [3.8, 4) is 0 Å². The molecule has 0 saturated carbocycles. The maximum atomic E-state index is 14.3. The van der Waals surface area contributed by atoms with E-state index in [4.69, 9.17) is 11.6 Å². The van der Waals surface area contributed by atoms with Gasteiger partial charge in [-0.3, -0.25) is 0 Å². The van der Waals surface area contributed by atoms with Crippen molar-refractivity contribution in [3.63, 3.8) is 0 Å². The molecular formula is C17H19ClFN. The first-order valence-electron chi connectivity index (χ1n) is 6.87. The standard InChI is InChI=1S/C17H19ClFN/c1-3-10-20-17(13-7-4-6-12(2)11-13)14-8-5-9-15(18)16(14)19/h4-9,11,17,20H,3,10H2,1-2H3. The Morgan fingerprint density at radius 3 is 2.65 bits per heavy atom. The van der Waals surface area contributed by atoms with Crippen LogP contribution in [-0.2, 0) is 0 Å². The second-order valence-electron chi connectivity index (χ2n) is 4.94. The molecule has 0 amide bonds. The van der Waals surface area contributed by atoms with E-state index in [0.717, 1.165) is 24.1 Å². The summed E-state index contributed by atoms with van der Waals surface area (Å²) in [5.74, 6) is -0.343. The van der Waals surface area contributed by atoms with E-state index in [1.54, 1.807) is 18.2 Å². The summed E-state index contributed by atoms with van der Waals surface area (Å²) >= 11 is 5.91. The van der Waals surface area contributed by atoms with Crippen molar-refractivity contribution in [3.05, 3.63) is 70.0 Å². The van der Waals surface area contributed by atoms with E-state index in [9.17, 15) is 4.39 Å². The molecule has 3 heteroatoms. The van der Waals surface area contributed by atoms with Crippen LogP contribution in [0, 0.1) is 12.7 Å². The van der Waals surface area contributed by atoms with Crippen LogP contribution in [-0.4, -0.2) is 6.54 Å². The lowest BCUT2D eigenvalue weighted by Crippen LogP contribution is -2.24. The fraction of sp³-hybridized carbons (Fsp3) is 0.294. The summed E-state index contributed by atoms with van der Waals surface area (Å²) in [5.41, 5.74) is 2.81. The molecule has 0 bridgehead atoms. The summed E-state index contributed by atoms with van der Waals surface area (Å²) in [4.78, 5) is 0. The maximum Gasteiger partial charge on any atom is 0.146 e. The Morgan fingerprint density at radius 1 is 1.20 bits per heavy atom. The van der Waals surface area contributed by atoms with Gasteiger partial charge in [0.1, 0.15) is 5.82 Å². The Hall–Kier alpha value is -1.38. The van der Waals surface area contributed by atoms with Gasteiger partial charge in [0.25, 0.3) is 0 Å². The summed E-state index contributed by atoms with van der Waals surface area (Å²) in [6.07, 6.45) is 0.991. The van der Waals surface area contributed by atoms with E-state index in [1.807, 2.05) is 25.1 Å². The third-order valence-electron chi connectivity index (χ3n) is 3.27. The molecular weight excluding hydrogens is 273 g/mol. The molecule has 106 valence electrons. The van der Waals surface area contributed by atoms with Gasteiger partial charge in [0, 0.05) is 5.56 Å². The first-order chi connectivity index (χ1) is 9.63. The molecule has 2 aromatic carbocycles. The highest BCUT2D eigenvalue weighted by molar-refractivity contribution is 6.30. The van der Waals surface area contributed by atoms with Gasteiger partial charge in [-0.05, 0) is 31.5 Å². The number of hydrogen-bond donors (Lipinski definition) is 1. The monoisotopic (exact) mass is 291 g/mol. The van der Waals surface area contributed by atoms with Crippen molar-refractivity contribution in [2.45, 2.75) is 26.3 Å². The summed E-state index contributed by atoms with van der Waals surface area (Å²) in [7, 11) is 0. The molecule has 1 unspecified atom stereocenters.